The van der Waals surface area contributed by atoms with Crippen LogP contribution in [0.3, 0.4) is 0 Å². The molecular formula is C18H17FN4O3. The second-order valence-corrected chi connectivity index (χ2v) is 5.27. The van der Waals surface area contributed by atoms with E-state index in [1.807, 2.05) is 13.0 Å². The molecule has 0 unspecified atom stereocenters. The topological polar surface area (TPSA) is 108 Å². The molecule has 2 heterocycles. The van der Waals surface area contributed by atoms with Crippen LogP contribution in [-0.4, -0.2) is 32.7 Å². The summed E-state index contributed by atoms with van der Waals surface area (Å²) in [5, 5.41) is 16.7. The van der Waals surface area contributed by atoms with Crippen LogP contribution in [0.4, 0.5) is 10.2 Å². The van der Waals surface area contributed by atoms with Gasteiger partial charge < -0.3 is 10.4 Å². The summed E-state index contributed by atoms with van der Waals surface area (Å²) >= 11 is 0. The van der Waals surface area contributed by atoms with E-state index in [1.54, 1.807) is 30.6 Å². The fourth-order valence-electron chi connectivity index (χ4n) is 2.35. The van der Waals surface area contributed by atoms with E-state index in [2.05, 4.69) is 20.5 Å². The maximum Gasteiger partial charge on any atom is 0.290 e. The number of amides is 1. The van der Waals surface area contributed by atoms with Crippen molar-refractivity contribution in [2.24, 2.45) is 0 Å². The van der Waals surface area contributed by atoms with Crippen molar-refractivity contribution >= 4 is 18.2 Å². The Balaban J connectivity index is 0.000000758. The van der Waals surface area contributed by atoms with E-state index < -0.39 is 0 Å². The first-order valence-electron chi connectivity index (χ1n) is 7.62. The Hall–Kier alpha value is -3.55. The minimum atomic E-state index is -0.308. The molecule has 0 aliphatic carbocycles. The summed E-state index contributed by atoms with van der Waals surface area (Å²) in [6.45, 7) is 1.60. The number of hydrogen-bond acceptors (Lipinski definition) is 4. The molecule has 0 spiro atoms. The number of carboxylic acid groups (broad SMARTS) is 1. The zero-order chi connectivity index (χ0) is 18.9. The van der Waals surface area contributed by atoms with Gasteiger partial charge in [-0.1, -0.05) is 18.2 Å². The van der Waals surface area contributed by atoms with Crippen molar-refractivity contribution in [3.05, 3.63) is 65.9 Å². The lowest BCUT2D eigenvalue weighted by molar-refractivity contribution is -0.123. The lowest BCUT2D eigenvalue weighted by Crippen LogP contribution is -2.15. The normalized spacial score (nSPS) is 9.77. The number of pyridine rings is 1. The highest BCUT2D eigenvalue weighted by Gasteiger charge is 2.15. The third kappa shape index (κ3) is 4.97. The van der Waals surface area contributed by atoms with E-state index in [-0.39, 0.29) is 24.6 Å². The molecule has 0 atom stereocenters. The SMILES string of the molecule is Cc1[nH]nc(NC(=O)Cc2cccnc2)c1-c1ccc(F)cc1.O=CO. The molecule has 8 heteroatoms. The van der Waals surface area contributed by atoms with Crippen LogP contribution >= 0.6 is 0 Å². The Morgan fingerprint density at radius 1 is 1.31 bits per heavy atom. The molecule has 1 amide bonds. The van der Waals surface area contributed by atoms with Crippen molar-refractivity contribution in [2.75, 3.05) is 5.32 Å². The standard InChI is InChI=1S/C17H15FN4O.CH2O2/c1-11-16(13-4-6-14(18)7-5-13)17(22-21-11)20-15(23)9-12-3-2-8-19-10-12;2-1-3/h2-8,10H,9H2,1H3,(H2,20,21,22,23);1H,(H,2,3). The molecule has 0 saturated heterocycles. The predicted octanol–water partition coefficient (Wildman–Crippen LogP) is 2.80. The quantitative estimate of drug-likeness (QED) is 0.623. The molecular weight excluding hydrogens is 339 g/mol. The van der Waals surface area contributed by atoms with Crippen LogP contribution in [0.5, 0.6) is 0 Å². The average molecular weight is 356 g/mol. The van der Waals surface area contributed by atoms with Gasteiger partial charge in [0.1, 0.15) is 5.82 Å². The molecule has 7 nitrogen and oxygen atoms in total. The van der Waals surface area contributed by atoms with Gasteiger partial charge in [-0.25, -0.2) is 4.39 Å². The minimum Gasteiger partial charge on any atom is -0.483 e. The van der Waals surface area contributed by atoms with Crippen molar-refractivity contribution < 1.29 is 19.1 Å². The van der Waals surface area contributed by atoms with E-state index in [0.29, 0.717) is 5.82 Å². The maximum absolute atomic E-state index is 13.1. The van der Waals surface area contributed by atoms with Crippen molar-refractivity contribution in [3.8, 4) is 11.1 Å². The second kappa shape index (κ2) is 9.07. The number of carbonyl (C=O) groups is 2. The van der Waals surface area contributed by atoms with Gasteiger partial charge in [0.2, 0.25) is 5.91 Å². The third-order valence-corrected chi connectivity index (χ3v) is 3.43. The third-order valence-electron chi connectivity index (χ3n) is 3.43. The Morgan fingerprint density at radius 3 is 2.62 bits per heavy atom. The molecule has 3 aromatic rings. The molecule has 1 aromatic carbocycles. The first-order valence-corrected chi connectivity index (χ1v) is 7.62. The molecule has 0 fully saturated rings. The summed E-state index contributed by atoms with van der Waals surface area (Å²) in [5.41, 5.74) is 3.16. The number of anilines is 1. The second-order valence-electron chi connectivity index (χ2n) is 5.27. The van der Waals surface area contributed by atoms with Gasteiger partial charge in [-0.2, -0.15) is 5.10 Å². The van der Waals surface area contributed by atoms with Crippen molar-refractivity contribution in [1.82, 2.24) is 15.2 Å². The summed E-state index contributed by atoms with van der Waals surface area (Å²) in [5.74, 6) is -0.0621. The van der Waals surface area contributed by atoms with Crippen molar-refractivity contribution in [3.63, 3.8) is 0 Å². The van der Waals surface area contributed by atoms with Crippen LogP contribution in [0.15, 0.2) is 48.8 Å². The first kappa shape index (κ1) is 18.8. The molecule has 0 aliphatic heterocycles. The smallest absolute Gasteiger partial charge is 0.290 e. The van der Waals surface area contributed by atoms with Crippen LogP contribution in [0.25, 0.3) is 11.1 Å². The van der Waals surface area contributed by atoms with E-state index in [9.17, 15) is 9.18 Å². The highest BCUT2D eigenvalue weighted by Crippen LogP contribution is 2.29. The Bertz CT molecular complexity index is 864. The molecule has 0 aliphatic rings. The van der Waals surface area contributed by atoms with E-state index in [0.717, 1.165) is 22.4 Å². The van der Waals surface area contributed by atoms with E-state index in [4.69, 9.17) is 9.90 Å². The molecule has 0 saturated carbocycles. The number of rotatable bonds is 4. The number of aromatic nitrogens is 3. The van der Waals surface area contributed by atoms with Crippen LogP contribution < -0.4 is 5.32 Å². The van der Waals surface area contributed by atoms with Gasteiger partial charge in [0.25, 0.3) is 6.47 Å². The average Bonchev–Trinajstić information content (AvgIpc) is 2.97. The predicted molar refractivity (Wildman–Crippen MR) is 94.0 cm³/mol. The van der Waals surface area contributed by atoms with Crippen LogP contribution in [0.1, 0.15) is 11.3 Å². The highest BCUT2D eigenvalue weighted by atomic mass is 19.1. The number of nitrogens with zero attached hydrogens (tertiary/aromatic N) is 2. The number of carbonyl (C=O) groups excluding carboxylic acids is 1. The summed E-state index contributed by atoms with van der Waals surface area (Å²) < 4.78 is 13.1. The number of hydrogen-bond donors (Lipinski definition) is 3. The van der Waals surface area contributed by atoms with Crippen LogP contribution in [0, 0.1) is 12.7 Å². The Morgan fingerprint density at radius 2 is 2.00 bits per heavy atom. The largest absolute Gasteiger partial charge is 0.483 e. The summed E-state index contributed by atoms with van der Waals surface area (Å²) in [6.07, 6.45) is 3.52. The van der Waals surface area contributed by atoms with Gasteiger partial charge in [0.15, 0.2) is 5.82 Å². The molecule has 26 heavy (non-hydrogen) atoms. The maximum atomic E-state index is 13.1. The molecule has 3 N–H and O–H groups in total. The lowest BCUT2D eigenvalue weighted by Gasteiger charge is -2.06. The molecule has 0 radical (unpaired) electrons. The summed E-state index contributed by atoms with van der Waals surface area (Å²) in [6, 6.07) is 9.69. The lowest BCUT2D eigenvalue weighted by atomic mass is 10.1. The fourth-order valence-corrected chi connectivity index (χ4v) is 2.35. The summed E-state index contributed by atoms with van der Waals surface area (Å²) in [4.78, 5) is 24.5. The van der Waals surface area contributed by atoms with Gasteiger partial charge in [-0.05, 0) is 36.2 Å². The summed E-state index contributed by atoms with van der Waals surface area (Å²) in [7, 11) is 0. The Labute approximate surface area is 148 Å². The van der Waals surface area contributed by atoms with Gasteiger partial charge in [-0.15, -0.1) is 0 Å². The van der Waals surface area contributed by atoms with Gasteiger partial charge in [0.05, 0.1) is 6.42 Å². The minimum absolute atomic E-state index is 0.187. The molecule has 2 aromatic heterocycles. The van der Waals surface area contributed by atoms with Gasteiger partial charge in [0, 0.05) is 23.7 Å². The fraction of sp³-hybridized carbons (Fsp3) is 0.111. The Kier molecular flexibility index (Phi) is 6.55. The zero-order valence-corrected chi connectivity index (χ0v) is 13.9. The number of aromatic amines is 1. The van der Waals surface area contributed by atoms with Crippen LogP contribution in [-0.2, 0) is 16.0 Å². The number of H-pyrrole nitrogens is 1. The van der Waals surface area contributed by atoms with Gasteiger partial charge in [-0.3, -0.25) is 19.7 Å². The first-order chi connectivity index (χ1) is 12.5. The zero-order valence-electron chi connectivity index (χ0n) is 13.9. The number of aryl methyl sites for hydroxylation is 1. The van der Waals surface area contributed by atoms with Crippen molar-refractivity contribution in [1.29, 1.82) is 0 Å². The molecule has 3 rings (SSSR count). The van der Waals surface area contributed by atoms with Crippen LogP contribution in [0.2, 0.25) is 0 Å². The monoisotopic (exact) mass is 356 g/mol. The number of nitrogens with one attached hydrogen (secondary N) is 2. The van der Waals surface area contributed by atoms with Gasteiger partial charge >= 0.3 is 0 Å². The number of benzene rings is 1. The molecule has 0 bridgehead atoms. The van der Waals surface area contributed by atoms with E-state index in [1.165, 1.54) is 12.1 Å². The van der Waals surface area contributed by atoms with E-state index >= 15 is 0 Å². The van der Waals surface area contributed by atoms with Crippen molar-refractivity contribution in [2.45, 2.75) is 13.3 Å². The highest BCUT2D eigenvalue weighted by molar-refractivity contribution is 5.95. The number of halogens is 1. The molecule has 134 valence electrons.